The van der Waals surface area contributed by atoms with Crippen LogP contribution >= 0.6 is 0 Å². The molecule has 0 unspecified atom stereocenters. The molecule has 0 atom stereocenters. The largest absolute Gasteiger partial charge is 0.496 e. The second kappa shape index (κ2) is 7.04. The van der Waals surface area contributed by atoms with Gasteiger partial charge in [0.05, 0.1) is 33.1 Å². The second-order valence-corrected chi connectivity index (χ2v) is 5.09. The Morgan fingerprint density at radius 3 is 2.26 bits per heavy atom. The number of hydrogen-bond acceptors (Lipinski definition) is 5. The van der Waals surface area contributed by atoms with Crippen molar-refractivity contribution in [3.8, 4) is 17.2 Å². The number of methoxy groups -OCH3 is 3. The minimum atomic E-state index is -0.174. The number of aryl methyl sites for hydroxylation is 1. The van der Waals surface area contributed by atoms with Crippen molar-refractivity contribution in [2.45, 2.75) is 6.54 Å². The number of amides is 1. The molecule has 2 rings (SSSR count). The van der Waals surface area contributed by atoms with Crippen LogP contribution in [0, 0.1) is 0 Å². The molecule has 1 amide bonds. The van der Waals surface area contributed by atoms with Crippen molar-refractivity contribution in [1.82, 2.24) is 14.7 Å². The van der Waals surface area contributed by atoms with Gasteiger partial charge in [-0.3, -0.25) is 9.48 Å². The zero-order chi connectivity index (χ0) is 17.0. The number of carbonyl (C=O) groups is 1. The highest BCUT2D eigenvalue weighted by Gasteiger charge is 2.21. The Bertz CT molecular complexity index is 697. The summed E-state index contributed by atoms with van der Waals surface area (Å²) in [5, 5.41) is 4.10. The maximum absolute atomic E-state index is 12.7. The zero-order valence-electron chi connectivity index (χ0n) is 14.0. The molecule has 0 spiro atoms. The summed E-state index contributed by atoms with van der Waals surface area (Å²) in [6, 6.07) is 3.27. The summed E-state index contributed by atoms with van der Waals surface area (Å²) < 4.78 is 17.5. The Labute approximate surface area is 135 Å². The first-order chi connectivity index (χ1) is 11.0. The Hall–Kier alpha value is -2.70. The first kappa shape index (κ1) is 16.7. The van der Waals surface area contributed by atoms with Gasteiger partial charge in [-0.25, -0.2) is 0 Å². The number of carbonyl (C=O) groups excluding carboxylic acids is 1. The van der Waals surface area contributed by atoms with Gasteiger partial charge in [-0.1, -0.05) is 0 Å². The van der Waals surface area contributed by atoms with E-state index in [1.54, 1.807) is 35.0 Å². The normalized spacial score (nSPS) is 10.3. The van der Waals surface area contributed by atoms with Crippen molar-refractivity contribution in [3.05, 3.63) is 35.7 Å². The highest BCUT2D eigenvalue weighted by Crippen LogP contribution is 2.35. The summed E-state index contributed by atoms with van der Waals surface area (Å²) in [5.41, 5.74) is 1.36. The van der Waals surface area contributed by atoms with E-state index in [4.69, 9.17) is 14.2 Å². The SMILES string of the molecule is COc1cc(OC)c(C(=O)N(C)Cc2cnn(C)c2)cc1OC. The van der Waals surface area contributed by atoms with Gasteiger partial charge in [-0.05, 0) is 0 Å². The van der Waals surface area contributed by atoms with Crippen LogP contribution in [0.4, 0.5) is 0 Å². The van der Waals surface area contributed by atoms with E-state index in [0.717, 1.165) is 5.56 Å². The lowest BCUT2D eigenvalue weighted by atomic mass is 10.1. The molecule has 23 heavy (non-hydrogen) atoms. The van der Waals surface area contributed by atoms with Gasteiger partial charge in [0.1, 0.15) is 5.75 Å². The van der Waals surface area contributed by atoms with E-state index in [1.165, 1.54) is 21.3 Å². The maximum Gasteiger partial charge on any atom is 0.257 e. The van der Waals surface area contributed by atoms with Crippen LogP contribution in [0.3, 0.4) is 0 Å². The Morgan fingerprint density at radius 2 is 1.74 bits per heavy atom. The molecule has 0 saturated carbocycles. The van der Waals surface area contributed by atoms with Crippen molar-refractivity contribution < 1.29 is 19.0 Å². The van der Waals surface area contributed by atoms with Crippen molar-refractivity contribution in [3.63, 3.8) is 0 Å². The fourth-order valence-electron chi connectivity index (χ4n) is 2.30. The molecular weight excluding hydrogens is 298 g/mol. The van der Waals surface area contributed by atoms with Crippen molar-refractivity contribution in [2.75, 3.05) is 28.4 Å². The molecule has 0 saturated heterocycles. The number of benzene rings is 1. The maximum atomic E-state index is 12.7. The highest BCUT2D eigenvalue weighted by atomic mass is 16.5. The van der Waals surface area contributed by atoms with Gasteiger partial charge < -0.3 is 19.1 Å². The van der Waals surface area contributed by atoms with Gasteiger partial charge in [0.25, 0.3) is 5.91 Å². The third-order valence-electron chi connectivity index (χ3n) is 3.46. The topological polar surface area (TPSA) is 65.8 Å². The first-order valence-corrected chi connectivity index (χ1v) is 7.03. The first-order valence-electron chi connectivity index (χ1n) is 7.03. The number of hydrogen-bond donors (Lipinski definition) is 0. The average Bonchev–Trinajstić information content (AvgIpc) is 2.97. The van der Waals surface area contributed by atoms with Gasteiger partial charge in [-0.15, -0.1) is 0 Å². The van der Waals surface area contributed by atoms with Crippen LogP contribution in [-0.4, -0.2) is 49.0 Å². The van der Waals surface area contributed by atoms with E-state index in [0.29, 0.717) is 29.4 Å². The highest BCUT2D eigenvalue weighted by molar-refractivity contribution is 5.97. The number of ether oxygens (including phenoxy) is 3. The van der Waals surface area contributed by atoms with Crippen LogP contribution in [0.2, 0.25) is 0 Å². The quantitative estimate of drug-likeness (QED) is 0.811. The Kier molecular flexibility index (Phi) is 5.10. The van der Waals surface area contributed by atoms with Crippen molar-refractivity contribution in [2.24, 2.45) is 7.05 Å². The lowest BCUT2D eigenvalue weighted by molar-refractivity contribution is 0.0781. The summed E-state index contributed by atoms with van der Waals surface area (Å²) in [6.07, 6.45) is 3.60. The minimum Gasteiger partial charge on any atom is -0.496 e. The summed E-state index contributed by atoms with van der Waals surface area (Å²) in [6.45, 7) is 0.449. The minimum absolute atomic E-state index is 0.174. The molecule has 0 aliphatic heterocycles. The summed E-state index contributed by atoms with van der Waals surface area (Å²) >= 11 is 0. The van der Waals surface area contributed by atoms with Crippen LogP contribution in [0.15, 0.2) is 24.5 Å². The van der Waals surface area contributed by atoms with E-state index in [9.17, 15) is 4.79 Å². The average molecular weight is 319 g/mol. The fourth-order valence-corrected chi connectivity index (χ4v) is 2.30. The Morgan fingerprint density at radius 1 is 1.13 bits per heavy atom. The fraction of sp³-hybridized carbons (Fsp3) is 0.375. The molecule has 124 valence electrons. The molecule has 0 fully saturated rings. The van der Waals surface area contributed by atoms with Crippen molar-refractivity contribution in [1.29, 1.82) is 0 Å². The molecule has 1 aromatic carbocycles. The van der Waals surface area contributed by atoms with Crippen LogP contribution in [0.25, 0.3) is 0 Å². The van der Waals surface area contributed by atoms with Gasteiger partial charge in [0.2, 0.25) is 0 Å². The van der Waals surface area contributed by atoms with Crippen LogP contribution in [0.1, 0.15) is 15.9 Å². The molecular formula is C16H21N3O4. The summed E-state index contributed by atoms with van der Waals surface area (Å²) in [7, 11) is 8.14. The van der Waals surface area contributed by atoms with E-state index in [2.05, 4.69) is 5.10 Å². The van der Waals surface area contributed by atoms with Crippen molar-refractivity contribution >= 4 is 5.91 Å². The smallest absolute Gasteiger partial charge is 0.257 e. The molecule has 7 nitrogen and oxygen atoms in total. The predicted octanol–water partition coefficient (Wildman–Crippen LogP) is 1.72. The molecule has 0 N–H and O–H groups in total. The molecule has 1 aromatic heterocycles. The van der Waals surface area contributed by atoms with Gasteiger partial charge in [-0.2, -0.15) is 5.10 Å². The van der Waals surface area contributed by atoms with Gasteiger partial charge in [0.15, 0.2) is 11.5 Å². The monoisotopic (exact) mass is 319 g/mol. The molecule has 0 radical (unpaired) electrons. The molecule has 0 aliphatic carbocycles. The predicted molar refractivity (Wildman–Crippen MR) is 85.1 cm³/mol. The van der Waals surface area contributed by atoms with Crippen LogP contribution in [0.5, 0.6) is 17.2 Å². The third-order valence-corrected chi connectivity index (χ3v) is 3.46. The standard InChI is InChI=1S/C16H21N3O4/c1-18(9-11-8-17-19(2)10-11)16(20)12-6-14(22-4)15(23-5)7-13(12)21-3/h6-8,10H,9H2,1-5H3. The van der Waals surface area contributed by atoms with E-state index >= 15 is 0 Å². The zero-order valence-corrected chi connectivity index (χ0v) is 14.0. The Balaban J connectivity index is 2.29. The van der Waals surface area contributed by atoms with E-state index in [-0.39, 0.29) is 5.91 Å². The third kappa shape index (κ3) is 3.56. The van der Waals surface area contributed by atoms with Gasteiger partial charge >= 0.3 is 0 Å². The number of nitrogens with zero attached hydrogens (tertiary/aromatic N) is 3. The number of aromatic nitrogens is 2. The van der Waals surface area contributed by atoms with Gasteiger partial charge in [0, 0.05) is 44.5 Å². The molecule has 2 aromatic rings. The van der Waals surface area contributed by atoms with Crippen LogP contribution in [-0.2, 0) is 13.6 Å². The number of rotatable bonds is 6. The molecule has 7 heteroatoms. The molecule has 0 bridgehead atoms. The molecule has 1 heterocycles. The lowest BCUT2D eigenvalue weighted by Gasteiger charge is -2.19. The summed E-state index contributed by atoms with van der Waals surface area (Å²) in [5.74, 6) is 1.25. The second-order valence-electron chi connectivity index (χ2n) is 5.09. The van der Waals surface area contributed by atoms with Crippen LogP contribution < -0.4 is 14.2 Å². The van der Waals surface area contributed by atoms with E-state index < -0.39 is 0 Å². The summed E-state index contributed by atoms with van der Waals surface area (Å²) in [4.78, 5) is 14.3. The van der Waals surface area contributed by atoms with E-state index in [1.807, 2.05) is 13.2 Å². The lowest BCUT2D eigenvalue weighted by Crippen LogP contribution is -2.26. The molecule has 0 aliphatic rings.